The molecule has 3 aromatic rings. The number of benzene rings is 2. The van der Waals surface area contributed by atoms with Crippen LogP contribution >= 0.6 is 27.7 Å². The predicted octanol–water partition coefficient (Wildman–Crippen LogP) is 5.47. The lowest BCUT2D eigenvalue weighted by Gasteiger charge is -2.31. The Hall–Kier alpha value is -2.45. The minimum Gasteiger partial charge on any atom is -0.447 e. The van der Waals surface area contributed by atoms with Crippen LogP contribution in [0.15, 0.2) is 46.0 Å². The maximum atomic E-state index is 12.9. The Kier molecular flexibility index (Phi) is 5.79. The Balaban J connectivity index is 2.02. The Morgan fingerprint density at radius 3 is 2.73 bits per heavy atom. The summed E-state index contributed by atoms with van der Waals surface area (Å²) in [6, 6.07) is 11.8. The van der Waals surface area contributed by atoms with Crippen molar-refractivity contribution in [3.63, 3.8) is 0 Å². The molecule has 0 aliphatic carbocycles. The van der Waals surface area contributed by atoms with Gasteiger partial charge in [0.1, 0.15) is 0 Å². The van der Waals surface area contributed by atoms with Crippen molar-refractivity contribution < 1.29 is 9.53 Å². The number of carbonyl (C=O) groups is 1. The van der Waals surface area contributed by atoms with Gasteiger partial charge in [0.25, 0.3) is 0 Å². The molecular weight excluding hydrogens is 464 g/mol. The number of thioether (sulfide) groups is 1. The molecule has 1 aliphatic heterocycles. The maximum Gasteiger partial charge on any atom is 0.247 e. The van der Waals surface area contributed by atoms with E-state index in [9.17, 15) is 4.79 Å². The fourth-order valence-electron chi connectivity index (χ4n) is 3.68. The summed E-state index contributed by atoms with van der Waals surface area (Å²) in [5.74, 6) is 1.07. The van der Waals surface area contributed by atoms with Crippen molar-refractivity contribution >= 4 is 39.3 Å². The number of anilines is 1. The average molecular weight is 485 g/mol. The third-order valence-electron chi connectivity index (χ3n) is 4.78. The van der Waals surface area contributed by atoms with Crippen molar-refractivity contribution in [2.24, 2.45) is 0 Å². The molecule has 0 saturated carbocycles. The summed E-state index contributed by atoms with van der Waals surface area (Å²) in [4.78, 5) is 19.2. The van der Waals surface area contributed by atoms with Gasteiger partial charge in [-0.2, -0.15) is 4.98 Å². The summed E-state index contributed by atoms with van der Waals surface area (Å²) in [7, 11) is 0. The summed E-state index contributed by atoms with van der Waals surface area (Å²) >= 11 is 5.02. The number of aromatic nitrogens is 3. The second-order valence-electron chi connectivity index (χ2n) is 7.07. The van der Waals surface area contributed by atoms with Gasteiger partial charge in [-0.25, -0.2) is 0 Å². The normalized spacial score (nSPS) is 15.1. The van der Waals surface area contributed by atoms with E-state index >= 15 is 0 Å². The first-order chi connectivity index (χ1) is 14.4. The zero-order chi connectivity index (χ0) is 21.4. The van der Waals surface area contributed by atoms with E-state index in [-0.39, 0.29) is 5.91 Å². The van der Waals surface area contributed by atoms with Crippen LogP contribution in [0.25, 0.3) is 11.3 Å². The molecule has 1 atom stereocenters. The van der Waals surface area contributed by atoms with Gasteiger partial charge in [0.15, 0.2) is 5.69 Å². The first-order valence-corrected chi connectivity index (χ1v) is 11.4. The number of hydrogen-bond donors (Lipinski definition) is 0. The van der Waals surface area contributed by atoms with E-state index in [1.54, 1.807) is 11.8 Å². The zero-order valence-electron chi connectivity index (χ0n) is 17.1. The van der Waals surface area contributed by atoms with E-state index in [0.29, 0.717) is 16.7 Å². The van der Waals surface area contributed by atoms with Crippen LogP contribution in [0.3, 0.4) is 0 Å². The van der Waals surface area contributed by atoms with Crippen molar-refractivity contribution in [3.8, 4) is 17.1 Å². The summed E-state index contributed by atoms with van der Waals surface area (Å²) in [5.41, 5.74) is 4.97. The lowest BCUT2D eigenvalue weighted by atomic mass is 10.00. The molecule has 30 heavy (non-hydrogen) atoms. The number of rotatable bonds is 3. The molecule has 2 heterocycles. The fraction of sp³-hybridized carbons (Fsp3) is 0.273. The number of aryl methyl sites for hydroxylation is 2. The number of hydrogen-bond acceptors (Lipinski definition) is 6. The summed E-state index contributed by atoms with van der Waals surface area (Å²) in [6.07, 6.45) is -0.683. The van der Waals surface area contributed by atoms with Gasteiger partial charge in [-0.1, -0.05) is 58.4 Å². The van der Waals surface area contributed by atoms with Gasteiger partial charge in [-0.05, 0) is 43.4 Å². The first kappa shape index (κ1) is 20.8. The van der Waals surface area contributed by atoms with Crippen LogP contribution in [0, 0.1) is 13.8 Å². The molecule has 0 fully saturated rings. The molecule has 0 saturated heterocycles. The maximum absolute atomic E-state index is 12.9. The van der Waals surface area contributed by atoms with E-state index in [2.05, 4.69) is 37.2 Å². The molecular formula is C22H21BrN4O2S. The molecule has 4 rings (SSSR count). The fourth-order valence-corrected chi connectivity index (χ4v) is 4.60. The smallest absolute Gasteiger partial charge is 0.247 e. The van der Waals surface area contributed by atoms with Gasteiger partial charge in [-0.15, -0.1) is 10.2 Å². The number of halogens is 1. The van der Waals surface area contributed by atoms with E-state index in [1.807, 2.05) is 51.1 Å². The van der Waals surface area contributed by atoms with Crippen molar-refractivity contribution in [3.05, 3.63) is 57.6 Å². The van der Waals surface area contributed by atoms with Crippen LogP contribution in [0.4, 0.5) is 5.69 Å². The van der Waals surface area contributed by atoms with Gasteiger partial charge in [0.2, 0.25) is 23.2 Å². The molecule has 1 amide bonds. The summed E-state index contributed by atoms with van der Waals surface area (Å²) in [6.45, 7) is 7.59. The SMILES string of the molecule is CCSc1nnc2c(n1)O[C@@H](c1cccc(Br)c1)N(C(C)=O)c1c(C)cc(C)cc1-2. The third kappa shape index (κ3) is 3.81. The molecule has 1 aliphatic rings. The second kappa shape index (κ2) is 8.35. The van der Waals surface area contributed by atoms with Gasteiger partial charge >= 0.3 is 0 Å². The number of nitrogens with zero attached hydrogens (tertiary/aromatic N) is 4. The Labute approximate surface area is 188 Å². The lowest BCUT2D eigenvalue weighted by molar-refractivity contribution is -0.118. The summed E-state index contributed by atoms with van der Waals surface area (Å²) in [5, 5.41) is 9.28. The molecule has 2 aromatic carbocycles. The predicted molar refractivity (Wildman–Crippen MR) is 122 cm³/mol. The van der Waals surface area contributed by atoms with Crippen LogP contribution in [0.1, 0.15) is 36.8 Å². The van der Waals surface area contributed by atoms with Crippen LogP contribution in [-0.4, -0.2) is 26.8 Å². The van der Waals surface area contributed by atoms with Crippen molar-refractivity contribution in [1.29, 1.82) is 0 Å². The van der Waals surface area contributed by atoms with E-state index in [4.69, 9.17) is 4.74 Å². The first-order valence-electron chi connectivity index (χ1n) is 9.60. The van der Waals surface area contributed by atoms with Crippen molar-refractivity contribution in [1.82, 2.24) is 15.2 Å². The Morgan fingerprint density at radius 2 is 2.03 bits per heavy atom. The van der Waals surface area contributed by atoms with E-state index in [1.165, 1.54) is 11.8 Å². The number of fused-ring (bicyclic) bond motifs is 3. The van der Waals surface area contributed by atoms with Gasteiger partial charge < -0.3 is 4.74 Å². The highest BCUT2D eigenvalue weighted by Crippen LogP contribution is 2.45. The highest BCUT2D eigenvalue weighted by atomic mass is 79.9. The molecule has 0 unspecified atom stereocenters. The molecule has 0 N–H and O–H groups in total. The highest BCUT2D eigenvalue weighted by Gasteiger charge is 2.35. The van der Waals surface area contributed by atoms with Crippen molar-refractivity contribution in [2.75, 3.05) is 10.7 Å². The van der Waals surface area contributed by atoms with Crippen LogP contribution < -0.4 is 9.64 Å². The Bertz CT molecular complexity index is 1140. The molecule has 154 valence electrons. The molecule has 6 nitrogen and oxygen atoms in total. The van der Waals surface area contributed by atoms with Crippen LogP contribution in [0.2, 0.25) is 0 Å². The number of ether oxygens (including phenoxy) is 1. The number of carbonyl (C=O) groups excluding carboxylic acids is 1. The Morgan fingerprint density at radius 1 is 1.23 bits per heavy atom. The average Bonchev–Trinajstić information content (AvgIpc) is 2.83. The summed E-state index contributed by atoms with van der Waals surface area (Å²) < 4.78 is 7.30. The second-order valence-corrected chi connectivity index (χ2v) is 9.22. The number of amides is 1. The highest BCUT2D eigenvalue weighted by molar-refractivity contribution is 9.10. The van der Waals surface area contributed by atoms with Gasteiger partial charge in [0.05, 0.1) is 5.69 Å². The third-order valence-corrected chi connectivity index (χ3v) is 5.99. The zero-order valence-corrected chi connectivity index (χ0v) is 19.5. The minimum absolute atomic E-state index is 0.128. The molecule has 0 bridgehead atoms. The van der Waals surface area contributed by atoms with Crippen LogP contribution in [-0.2, 0) is 4.79 Å². The molecule has 0 spiro atoms. The van der Waals surface area contributed by atoms with Crippen LogP contribution in [0.5, 0.6) is 5.88 Å². The molecule has 8 heteroatoms. The topological polar surface area (TPSA) is 68.2 Å². The van der Waals surface area contributed by atoms with Gasteiger partial charge in [0, 0.05) is 22.5 Å². The van der Waals surface area contributed by atoms with E-state index < -0.39 is 6.23 Å². The standard InChI is InChI=1S/C22H21BrN4O2S/c1-5-30-22-24-20-18(25-26-22)17-10-12(2)9-13(3)19(17)27(14(4)28)21(29-20)15-7-6-8-16(23)11-15/h6-11,21H,5H2,1-4H3/t21-/m0/s1. The molecule has 0 radical (unpaired) electrons. The quantitative estimate of drug-likeness (QED) is 0.458. The molecule has 1 aromatic heterocycles. The lowest BCUT2D eigenvalue weighted by Crippen LogP contribution is -2.36. The van der Waals surface area contributed by atoms with Gasteiger partial charge in [-0.3, -0.25) is 9.69 Å². The monoisotopic (exact) mass is 484 g/mol. The van der Waals surface area contributed by atoms with E-state index in [0.717, 1.165) is 38.2 Å². The minimum atomic E-state index is -0.683. The van der Waals surface area contributed by atoms with Crippen molar-refractivity contribution in [2.45, 2.75) is 39.1 Å². The largest absolute Gasteiger partial charge is 0.447 e.